The summed E-state index contributed by atoms with van der Waals surface area (Å²) in [6, 6.07) is 24.7. The largest absolute Gasteiger partial charge is 0.488 e. The molecular weight excluding hydrogens is 498 g/mol. The SMILES string of the molecule is O=C(Cc1ccc(-c2ccccc2)cc1)c1ccc(OC2CC2)c(NC(=O)C2(N3CCN(C4CC4)CC3)CC2)c1. The zero-order chi connectivity index (χ0) is 27.1. The van der Waals surface area contributed by atoms with E-state index in [4.69, 9.17) is 4.74 Å². The Morgan fingerprint density at radius 1 is 0.825 bits per heavy atom. The zero-order valence-electron chi connectivity index (χ0n) is 23.0. The van der Waals surface area contributed by atoms with Crippen molar-refractivity contribution in [2.75, 3.05) is 31.5 Å². The molecule has 0 aromatic heterocycles. The highest BCUT2D eigenvalue weighted by atomic mass is 16.5. The molecule has 1 aliphatic heterocycles. The number of hydrogen-bond acceptors (Lipinski definition) is 5. The van der Waals surface area contributed by atoms with Crippen LogP contribution in [0.5, 0.6) is 5.75 Å². The molecule has 0 spiro atoms. The predicted molar refractivity (Wildman–Crippen MR) is 157 cm³/mol. The number of piperazine rings is 1. The third kappa shape index (κ3) is 5.43. The number of ether oxygens (including phenoxy) is 1. The molecule has 3 aromatic rings. The molecular formula is C34H37N3O3. The van der Waals surface area contributed by atoms with Gasteiger partial charge in [-0.25, -0.2) is 0 Å². The van der Waals surface area contributed by atoms with E-state index in [9.17, 15) is 9.59 Å². The maximum atomic E-state index is 13.7. The van der Waals surface area contributed by atoms with Crippen molar-refractivity contribution in [3.63, 3.8) is 0 Å². The molecule has 4 fully saturated rings. The molecule has 7 rings (SSSR count). The minimum absolute atomic E-state index is 0.0262. The molecule has 3 saturated carbocycles. The van der Waals surface area contributed by atoms with Crippen LogP contribution in [0.1, 0.15) is 54.4 Å². The van der Waals surface area contributed by atoms with E-state index in [1.165, 1.54) is 12.8 Å². The lowest BCUT2D eigenvalue weighted by molar-refractivity contribution is -0.123. The van der Waals surface area contributed by atoms with Crippen molar-refractivity contribution in [1.29, 1.82) is 0 Å². The van der Waals surface area contributed by atoms with Gasteiger partial charge in [-0.3, -0.25) is 19.4 Å². The van der Waals surface area contributed by atoms with Gasteiger partial charge in [0.2, 0.25) is 5.91 Å². The Morgan fingerprint density at radius 2 is 1.52 bits per heavy atom. The maximum absolute atomic E-state index is 13.7. The summed E-state index contributed by atoms with van der Waals surface area (Å²) in [5, 5.41) is 3.20. The van der Waals surface area contributed by atoms with Crippen LogP contribution in [-0.2, 0) is 11.2 Å². The highest BCUT2D eigenvalue weighted by molar-refractivity contribution is 6.03. The smallest absolute Gasteiger partial charge is 0.245 e. The molecule has 3 aliphatic carbocycles. The summed E-state index contributed by atoms with van der Waals surface area (Å²) in [4.78, 5) is 32.0. The highest BCUT2D eigenvalue weighted by Crippen LogP contribution is 2.44. The topological polar surface area (TPSA) is 61.9 Å². The molecule has 1 heterocycles. The zero-order valence-corrected chi connectivity index (χ0v) is 23.0. The maximum Gasteiger partial charge on any atom is 0.245 e. The summed E-state index contributed by atoms with van der Waals surface area (Å²) in [5.74, 6) is 0.723. The van der Waals surface area contributed by atoms with E-state index >= 15 is 0 Å². The van der Waals surface area contributed by atoms with Gasteiger partial charge in [0, 0.05) is 44.2 Å². The number of anilines is 1. The van der Waals surface area contributed by atoms with E-state index in [0.29, 0.717) is 23.4 Å². The molecule has 3 aromatic carbocycles. The molecule has 0 unspecified atom stereocenters. The van der Waals surface area contributed by atoms with E-state index < -0.39 is 5.54 Å². The van der Waals surface area contributed by atoms with Crippen molar-refractivity contribution in [2.24, 2.45) is 0 Å². The third-order valence-corrected chi connectivity index (χ3v) is 8.92. The normalized spacial score (nSPS) is 20.6. The van der Waals surface area contributed by atoms with Crippen molar-refractivity contribution in [2.45, 2.75) is 62.6 Å². The minimum atomic E-state index is -0.424. The molecule has 4 aliphatic rings. The van der Waals surface area contributed by atoms with Gasteiger partial charge < -0.3 is 10.1 Å². The molecule has 206 valence electrons. The van der Waals surface area contributed by atoms with Crippen LogP contribution >= 0.6 is 0 Å². The number of ketones is 1. The summed E-state index contributed by atoms with van der Waals surface area (Å²) in [6.45, 7) is 3.98. The van der Waals surface area contributed by atoms with Crippen molar-refractivity contribution in [3.8, 4) is 16.9 Å². The van der Waals surface area contributed by atoms with Crippen LogP contribution in [0.15, 0.2) is 72.8 Å². The summed E-state index contributed by atoms with van der Waals surface area (Å²) in [5.41, 5.74) is 4.04. The Bertz CT molecular complexity index is 1380. The first kappa shape index (κ1) is 25.5. The fourth-order valence-electron chi connectivity index (χ4n) is 6.00. The number of hydrogen-bond donors (Lipinski definition) is 1. The van der Waals surface area contributed by atoms with Crippen molar-refractivity contribution >= 4 is 17.4 Å². The molecule has 0 radical (unpaired) electrons. The first-order valence-corrected chi connectivity index (χ1v) is 14.9. The van der Waals surface area contributed by atoms with Crippen LogP contribution in [0, 0.1) is 0 Å². The second-order valence-electron chi connectivity index (χ2n) is 11.9. The molecule has 1 saturated heterocycles. The van der Waals surface area contributed by atoms with Crippen LogP contribution in [0.3, 0.4) is 0 Å². The van der Waals surface area contributed by atoms with Crippen molar-refractivity contribution < 1.29 is 14.3 Å². The highest BCUT2D eigenvalue weighted by Gasteiger charge is 2.55. The fourth-order valence-corrected chi connectivity index (χ4v) is 6.00. The number of nitrogens with one attached hydrogen (secondary N) is 1. The van der Waals surface area contributed by atoms with Gasteiger partial charge in [0.25, 0.3) is 0 Å². The van der Waals surface area contributed by atoms with Gasteiger partial charge in [0.05, 0.1) is 11.8 Å². The monoisotopic (exact) mass is 535 g/mol. The Labute approximate surface area is 236 Å². The predicted octanol–water partition coefficient (Wildman–Crippen LogP) is 5.57. The lowest BCUT2D eigenvalue weighted by atomic mass is 9.99. The Hall–Kier alpha value is -3.48. The summed E-state index contributed by atoms with van der Waals surface area (Å²) in [7, 11) is 0. The standard InChI is InChI=1S/C34H37N3O3/c38-31(22-24-6-8-26(9-7-24)25-4-2-1-3-5-25)27-10-15-32(40-29-13-14-29)30(23-27)35-33(39)34(16-17-34)37-20-18-36(19-21-37)28-11-12-28/h1-10,15,23,28-29H,11-14,16-22H2,(H,35,39). The van der Waals surface area contributed by atoms with Gasteiger partial charge in [0.15, 0.2) is 5.78 Å². The number of nitrogens with zero attached hydrogens (tertiary/aromatic N) is 2. The van der Waals surface area contributed by atoms with Gasteiger partial charge >= 0.3 is 0 Å². The number of carbonyl (C=O) groups is 2. The molecule has 40 heavy (non-hydrogen) atoms. The number of benzene rings is 3. The van der Waals surface area contributed by atoms with Crippen LogP contribution < -0.4 is 10.1 Å². The molecule has 6 heteroatoms. The van der Waals surface area contributed by atoms with E-state index in [1.807, 2.05) is 48.5 Å². The van der Waals surface area contributed by atoms with Crippen LogP contribution in [0.4, 0.5) is 5.69 Å². The second-order valence-corrected chi connectivity index (χ2v) is 11.9. The van der Waals surface area contributed by atoms with Gasteiger partial charge in [-0.2, -0.15) is 0 Å². The number of amides is 1. The average Bonchev–Trinajstić information content (AvgIpc) is 3.84. The van der Waals surface area contributed by atoms with Crippen LogP contribution in [0.25, 0.3) is 11.1 Å². The average molecular weight is 536 g/mol. The lowest BCUT2D eigenvalue weighted by Crippen LogP contribution is -2.55. The summed E-state index contributed by atoms with van der Waals surface area (Å²) in [6.07, 6.45) is 6.99. The first-order valence-electron chi connectivity index (χ1n) is 14.9. The van der Waals surface area contributed by atoms with E-state index in [0.717, 1.165) is 74.6 Å². The summed E-state index contributed by atoms with van der Waals surface area (Å²) < 4.78 is 6.15. The quantitative estimate of drug-likeness (QED) is 0.344. The van der Waals surface area contributed by atoms with Crippen LogP contribution in [0.2, 0.25) is 0 Å². The molecule has 0 atom stereocenters. The molecule has 1 amide bonds. The lowest BCUT2D eigenvalue weighted by Gasteiger charge is -2.39. The van der Waals surface area contributed by atoms with E-state index in [2.05, 4.69) is 39.4 Å². The molecule has 0 bridgehead atoms. The Balaban J connectivity index is 1.05. The third-order valence-electron chi connectivity index (χ3n) is 8.92. The second kappa shape index (κ2) is 10.5. The first-order chi connectivity index (χ1) is 19.6. The number of Topliss-reactive ketones (excluding diaryl/α,β-unsaturated/α-hetero) is 1. The Kier molecular flexibility index (Phi) is 6.68. The van der Waals surface area contributed by atoms with E-state index in [1.54, 1.807) is 0 Å². The summed E-state index contributed by atoms with van der Waals surface area (Å²) >= 11 is 0. The van der Waals surface area contributed by atoms with Crippen molar-refractivity contribution in [1.82, 2.24) is 9.80 Å². The molecule has 6 nitrogen and oxygen atoms in total. The van der Waals surface area contributed by atoms with Crippen molar-refractivity contribution in [3.05, 3.63) is 83.9 Å². The minimum Gasteiger partial charge on any atom is -0.488 e. The van der Waals surface area contributed by atoms with Crippen LogP contribution in [-0.4, -0.2) is 65.4 Å². The fraction of sp³-hybridized carbons (Fsp3) is 0.412. The van der Waals surface area contributed by atoms with Gasteiger partial charge in [-0.15, -0.1) is 0 Å². The van der Waals surface area contributed by atoms with E-state index in [-0.39, 0.29) is 17.8 Å². The number of rotatable bonds is 10. The van der Waals surface area contributed by atoms with Gasteiger partial charge in [-0.1, -0.05) is 54.6 Å². The van der Waals surface area contributed by atoms with Gasteiger partial charge in [-0.05, 0) is 73.4 Å². The van der Waals surface area contributed by atoms with Gasteiger partial charge in [0.1, 0.15) is 11.3 Å². The number of carbonyl (C=O) groups excluding carboxylic acids is 2. The Morgan fingerprint density at radius 3 is 2.17 bits per heavy atom. The molecule has 1 N–H and O–H groups in total.